The van der Waals surface area contributed by atoms with Crippen LogP contribution in [0.25, 0.3) is 0 Å². The number of aryl methyl sites for hydroxylation is 1. The van der Waals surface area contributed by atoms with Gasteiger partial charge >= 0.3 is 0 Å². The maximum absolute atomic E-state index is 11.9. The second kappa shape index (κ2) is 9.38. The number of ether oxygens (including phenoxy) is 1. The first-order valence-corrected chi connectivity index (χ1v) is 10.5. The molecule has 0 saturated carbocycles. The van der Waals surface area contributed by atoms with Gasteiger partial charge in [-0.25, -0.2) is 8.42 Å². The van der Waals surface area contributed by atoms with Crippen molar-refractivity contribution in [3.8, 4) is 11.5 Å². The maximum Gasteiger partial charge on any atom is 0.239 e. The molecule has 0 aromatic heterocycles. The molecular formula is C20H25NO4S. The van der Waals surface area contributed by atoms with E-state index in [2.05, 4.69) is 5.32 Å². The van der Waals surface area contributed by atoms with Crippen LogP contribution >= 0.6 is 0 Å². The van der Waals surface area contributed by atoms with E-state index in [9.17, 15) is 13.2 Å². The smallest absolute Gasteiger partial charge is 0.239 e. The van der Waals surface area contributed by atoms with E-state index in [-0.39, 0.29) is 5.75 Å². The predicted molar refractivity (Wildman–Crippen MR) is 105 cm³/mol. The van der Waals surface area contributed by atoms with Gasteiger partial charge in [-0.05, 0) is 49.7 Å². The van der Waals surface area contributed by atoms with Crippen molar-refractivity contribution >= 4 is 21.4 Å². The molecular weight excluding hydrogens is 350 g/mol. The van der Waals surface area contributed by atoms with Gasteiger partial charge in [-0.1, -0.05) is 37.5 Å². The minimum Gasteiger partial charge on any atom is -0.457 e. The molecule has 0 saturated heterocycles. The Balaban J connectivity index is 1.88. The molecule has 1 amide bonds. The first kappa shape index (κ1) is 20.0. The van der Waals surface area contributed by atoms with Gasteiger partial charge in [0.15, 0.2) is 9.84 Å². The third-order valence-electron chi connectivity index (χ3n) is 3.80. The molecule has 2 aromatic rings. The van der Waals surface area contributed by atoms with Gasteiger partial charge in [0.1, 0.15) is 17.3 Å². The largest absolute Gasteiger partial charge is 0.457 e. The van der Waals surface area contributed by atoms with E-state index in [0.717, 1.165) is 24.2 Å². The van der Waals surface area contributed by atoms with E-state index < -0.39 is 21.5 Å². The minimum atomic E-state index is -3.36. The van der Waals surface area contributed by atoms with E-state index in [4.69, 9.17) is 4.74 Å². The van der Waals surface area contributed by atoms with Crippen molar-refractivity contribution in [3.63, 3.8) is 0 Å². The van der Waals surface area contributed by atoms with Crippen molar-refractivity contribution in [1.29, 1.82) is 0 Å². The van der Waals surface area contributed by atoms with Gasteiger partial charge in [0.05, 0.1) is 5.75 Å². The molecule has 2 aromatic carbocycles. The summed E-state index contributed by atoms with van der Waals surface area (Å²) in [4.78, 5) is 11.9. The number of carbonyl (C=O) groups is 1. The summed E-state index contributed by atoms with van der Waals surface area (Å²) in [5, 5.41) is 2.61. The molecule has 0 aliphatic rings. The fourth-order valence-corrected chi connectivity index (χ4v) is 3.65. The van der Waals surface area contributed by atoms with Crippen LogP contribution in [-0.4, -0.2) is 25.8 Å². The molecule has 0 aliphatic heterocycles. The second-order valence-electron chi connectivity index (χ2n) is 6.29. The molecule has 2 rings (SSSR count). The van der Waals surface area contributed by atoms with Crippen LogP contribution in [0.15, 0.2) is 48.5 Å². The summed E-state index contributed by atoms with van der Waals surface area (Å²) >= 11 is 0. The third kappa shape index (κ3) is 6.88. The Hall–Kier alpha value is -2.34. The van der Waals surface area contributed by atoms with Crippen molar-refractivity contribution in [1.82, 2.24) is 0 Å². The number of hydrogen-bond donors (Lipinski definition) is 1. The van der Waals surface area contributed by atoms with Gasteiger partial charge in [0.2, 0.25) is 5.91 Å². The van der Waals surface area contributed by atoms with Gasteiger partial charge in [-0.3, -0.25) is 4.79 Å². The number of amides is 1. The number of carbonyl (C=O) groups excluding carboxylic acids is 1. The van der Waals surface area contributed by atoms with Crippen LogP contribution < -0.4 is 10.1 Å². The van der Waals surface area contributed by atoms with Crippen LogP contribution in [-0.2, 0) is 14.6 Å². The first-order chi connectivity index (χ1) is 12.4. The Morgan fingerprint density at radius 3 is 2.12 bits per heavy atom. The number of sulfone groups is 1. The highest BCUT2D eigenvalue weighted by atomic mass is 32.2. The summed E-state index contributed by atoms with van der Waals surface area (Å²) in [5.74, 6) is 0.411. The summed E-state index contributed by atoms with van der Waals surface area (Å²) in [7, 11) is -3.36. The lowest BCUT2D eigenvalue weighted by Crippen LogP contribution is -2.24. The zero-order chi connectivity index (χ0) is 19.0. The highest BCUT2D eigenvalue weighted by Crippen LogP contribution is 2.23. The normalized spacial score (nSPS) is 11.2. The number of nitrogens with one attached hydrogen (secondary N) is 1. The molecule has 6 heteroatoms. The molecule has 0 unspecified atom stereocenters. The molecule has 0 aliphatic carbocycles. The number of unbranched alkanes of at least 4 members (excludes halogenated alkanes) is 2. The molecule has 1 N–H and O–H groups in total. The van der Waals surface area contributed by atoms with Gasteiger partial charge in [-0.2, -0.15) is 0 Å². The van der Waals surface area contributed by atoms with E-state index in [0.29, 0.717) is 17.9 Å². The number of anilines is 1. The van der Waals surface area contributed by atoms with Crippen molar-refractivity contribution in [2.24, 2.45) is 0 Å². The van der Waals surface area contributed by atoms with Crippen LogP contribution in [0.5, 0.6) is 11.5 Å². The Morgan fingerprint density at radius 1 is 0.962 bits per heavy atom. The third-order valence-corrected chi connectivity index (χ3v) is 5.42. The monoisotopic (exact) mass is 375 g/mol. The van der Waals surface area contributed by atoms with Crippen LogP contribution in [0, 0.1) is 6.92 Å². The Morgan fingerprint density at radius 2 is 1.54 bits per heavy atom. The Labute approximate surface area is 155 Å². The number of hydrogen-bond acceptors (Lipinski definition) is 4. The van der Waals surface area contributed by atoms with Crippen LogP contribution in [0.4, 0.5) is 5.69 Å². The zero-order valence-corrected chi connectivity index (χ0v) is 16.0. The van der Waals surface area contributed by atoms with Gasteiger partial charge in [-0.15, -0.1) is 0 Å². The Bertz CT molecular complexity index is 812. The zero-order valence-electron chi connectivity index (χ0n) is 15.2. The number of benzene rings is 2. The number of rotatable bonds is 9. The van der Waals surface area contributed by atoms with Crippen LogP contribution in [0.3, 0.4) is 0 Å². The molecule has 0 spiro atoms. The highest BCUT2D eigenvalue weighted by molar-refractivity contribution is 7.92. The molecule has 140 valence electrons. The minimum absolute atomic E-state index is 0.0532. The Kier molecular flexibility index (Phi) is 7.21. The van der Waals surface area contributed by atoms with E-state index in [1.165, 1.54) is 0 Å². The van der Waals surface area contributed by atoms with Gasteiger partial charge in [0, 0.05) is 5.69 Å². The average Bonchev–Trinajstić information content (AvgIpc) is 2.58. The quantitative estimate of drug-likeness (QED) is 0.662. The van der Waals surface area contributed by atoms with Crippen LogP contribution in [0.1, 0.15) is 31.7 Å². The first-order valence-electron chi connectivity index (χ1n) is 8.73. The van der Waals surface area contributed by atoms with E-state index in [1.54, 1.807) is 24.3 Å². The molecule has 5 nitrogen and oxygen atoms in total. The van der Waals surface area contributed by atoms with Gasteiger partial charge in [0.25, 0.3) is 0 Å². The van der Waals surface area contributed by atoms with Crippen molar-refractivity contribution in [2.75, 3.05) is 16.8 Å². The topological polar surface area (TPSA) is 72.5 Å². The van der Waals surface area contributed by atoms with E-state index >= 15 is 0 Å². The standard InChI is InChI=1S/C20H25NO4S/c1-3-4-5-14-26(23,24)15-20(22)21-17-8-12-19(13-9-17)25-18-10-6-16(2)7-11-18/h6-13H,3-5,14-15H2,1-2H3,(H,21,22). The molecule has 0 atom stereocenters. The summed E-state index contributed by atoms with van der Waals surface area (Å²) in [6.07, 6.45) is 2.39. The second-order valence-corrected chi connectivity index (χ2v) is 8.47. The molecule has 0 heterocycles. The van der Waals surface area contributed by atoms with Crippen molar-refractivity contribution in [3.05, 3.63) is 54.1 Å². The molecule has 0 radical (unpaired) electrons. The van der Waals surface area contributed by atoms with Gasteiger partial charge < -0.3 is 10.1 Å². The molecule has 0 fully saturated rings. The van der Waals surface area contributed by atoms with Crippen molar-refractivity contribution < 1.29 is 17.9 Å². The fourth-order valence-electron chi connectivity index (χ4n) is 2.39. The lowest BCUT2D eigenvalue weighted by molar-refractivity contribution is -0.113. The molecule has 26 heavy (non-hydrogen) atoms. The summed E-state index contributed by atoms with van der Waals surface area (Å²) in [6, 6.07) is 14.5. The predicted octanol–water partition coefficient (Wildman–Crippen LogP) is 4.33. The maximum atomic E-state index is 11.9. The highest BCUT2D eigenvalue weighted by Gasteiger charge is 2.16. The fraction of sp³-hybridized carbons (Fsp3) is 0.350. The van der Waals surface area contributed by atoms with E-state index in [1.807, 2.05) is 38.1 Å². The SMILES string of the molecule is CCCCCS(=O)(=O)CC(=O)Nc1ccc(Oc2ccc(C)cc2)cc1. The van der Waals surface area contributed by atoms with Crippen molar-refractivity contribution in [2.45, 2.75) is 33.1 Å². The summed E-state index contributed by atoms with van der Waals surface area (Å²) in [6.45, 7) is 4.01. The molecule has 0 bridgehead atoms. The summed E-state index contributed by atoms with van der Waals surface area (Å²) < 4.78 is 29.5. The lowest BCUT2D eigenvalue weighted by atomic mass is 10.2. The average molecular weight is 375 g/mol. The van der Waals surface area contributed by atoms with Crippen LogP contribution in [0.2, 0.25) is 0 Å². The lowest BCUT2D eigenvalue weighted by Gasteiger charge is -2.09. The summed E-state index contributed by atoms with van der Waals surface area (Å²) in [5.41, 5.74) is 1.69.